The van der Waals surface area contributed by atoms with Crippen LogP contribution in [-0.4, -0.2) is 34.3 Å². The van der Waals surface area contributed by atoms with Gasteiger partial charge in [0.1, 0.15) is 0 Å². The average molecular weight is 419 g/mol. The van der Waals surface area contributed by atoms with Crippen molar-refractivity contribution in [3.63, 3.8) is 0 Å². The fraction of sp³-hybridized carbons (Fsp3) is 0.333. The third-order valence-corrected chi connectivity index (χ3v) is 5.23. The van der Waals surface area contributed by atoms with Gasteiger partial charge in [-0.15, -0.1) is 9.61 Å². The van der Waals surface area contributed by atoms with Crippen LogP contribution in [0.5, 0.6) is 0 Å². The van der Waals surface area contributed by atoms with Crippen LogP contribution in [0.25, 0.3) is 16.8 Å². The molecule has 0 fully saturated rings. The fourth-order valence-corrected chi connectivity index (χ4v) is 3.65. The minimum absolute atomic E-state index is 0.200. The van der Waals surface area contributed by atoms with Gasteiger partial charge in [0.25, 0.3) is 5.65 Å². The Hall–Kier alpha value is -3.82. The van der Waals surface area contributed by atoms with Crippen molar-refractivity contribution in [1.29, 1.82) is 0 Å². The second-order valence-corrected chi connectivity index (χ2v) is 7.47. The zero-order valence-corrected chi connectivity index (χ0v) is 17.2. The van der Waals surface area contributed by atoms with Crippen LogP contribution in [0.4, 0.5) is 0 Å². The van der Waals surface area contributed by atoms with Gasteiger partial charge in [-0.2, -0.15) is 4.98 Å². The van der Waals surface area contributed by atoms with Gasteiger partial charge in [-0.05, 0) is 12.0 Å². The molecule has 1 aromatic carbocycles. The van der Waals surface area contributed by atoms with Gasteiger partial charge in [-0.25, -0.2) is 19.3 Å². The minimum Gasteiger partial charge on any atom is -0.339 e. The first-order chi connectivity index (χ1) is 15.2. The third-order valence-electron chi connectivity index (χ3n) is 5.23. The SMILES string of the molecule is CCCCn1c(=O)n2nc(CCc3nc(Cc4ccccc4)no3)nc2c2[nH]c[nH+]c21. The smallest absolute Gasteiger partial charge is 0.339 e. The standard InChI is InChI=1S/C21H22N8O2/c1-2-3-11-28-19-18(22-13-23-19)20-25-15(26-29(20)21(28)30)9-10-17-24-16(27-31-17)12-14-7-5-4-6-8-14/h4-8,13H,2-3,9-12H2,1H3,(H,22,23)/p+1. The molecule has 2 N–H and O–H groups in total. The Morgan fingerprint density at radius 3 is 2.84 bits per heavy atom. The lowest BCUT2D eigenvalue weighted by Crippen LogP contribution is -2.30. The summed E-state index contributed by atoms with van der Waals surface area (Å²) in [4.78, 5) is 28.3. The molecule has 4 aromatic heterocycles. The van der Waals surface area contributed by atoms with Crippen LogP contribution in [0.1, 0.15) is 42.9 Å². The van der Waals surface area contributed by atoms with Crippen molar-refractivity contribution in [2.45, 2.75) is 45.6 Å². The number of aromatic amines is 2. The first-order valence-corrected chi connectivity index (χ1v) is 10.5. The van der Waals surface area contributed by atoms with Crippen molar-refractivity contribution in [2.75, 3.05) is 0 Å². The summed E-state index contributed by atoms with van der Waals surface area (Å²) in [6.07, 6.45) is 5.22. The Balaban J connectivity index is 1.37. The average Bonchev–Trinajstić information content (AvgIpc) is 3.52. The number of nitrogens with one attached hydrogen (secondary N) is 2. The van der Waals surface area contributed by atoms with E-state index in [1.807, 2.05) is 30.3 Å². The second kappa shape index (κ2) is 8.13. The molecule has 0 radical (unpaired) electrons. The van der Waals surface area contributed by atoms with Gasteiger partial charge < -0.3 is 4.52 Å². The number of aromatic nitrogens is 8. The number of hydrogen-bond donors (Lipinski definition) is 1. The van der Waals surface area contributed by atoms with E-state index in [4.69, 9.17) is 4.52 Å². The molecule has 0 bridgehead atoms. The third kappa shape index (κ3) is 3.72. The van der Waals surface area contributed by atoms with Gasteiger partial charge >= 0.3 is 5.69 Å². The highest BCUT2D eigenvalue weighted by atomic mass is 16.5. The molecule has 10 heteroatoms. The van der Waals surface area contributed by atoms with Crippen LogP contribution in [0.15, 0.2) is 46.0 Å². The molecule has 5 rings (SSSR count). The van der Waals surface area contributed by atoms with E-state index < -0.39 is 0 Å². The summed E-state index contributed by atoms with van der Waals surface area (Å²) in [6, 6.07) is 10.0. The Bertz CT molecular complexity index is 1380. The summed E-state index contributed by atoms with van der Waals surface area (Å²) in [5, 5.41) is 8.51. The summed E-state index contributed by atoms with van der Waals surface area (Å²) >= 11 is 0. The Kier molecular flexibility index (Phi) is 5.03. The number of unbranched alkanes of at least 4 members (excludes halogenated alkanes) is 1. The lowest BCUT2D eigenvalue weighted by Gasteiger charge is -2.00. The van der Waals surface area contributed by atoms with Crippen LogP contribution in [-0.2, 0) is 25.8 Å². The maximum Gasteiger partial charge on any atom is 0.409 e. The molecular weight excluding hydrogens is 396 g/mol. The van der Waals surface area contributed by atoms with Crippen molar-refractivity contribution in [2.24, 2.45) is 0 Å². The first kappa shape index (κ1) is 19.2. The number of nitrogens with zero attached hydrogens (tertiary/aromatic N) is 6. The Labute approximate surface area is 177 Å². The summed E-state index contributed by atoms with van der Waals surface area (Å²) in [6.45, 7) is 2.72. The predicted octanol–water partition coefficient (Wildman–Crippen LogP) is 1.75. The molecule has 0 aliphatic rings. The molecule has 0 atom stereocenters. The van der Waals surface area contributed by atoms with E-state index in [9.17, 15) is 4.79 Å². The number of rotatable bonds is 8. The summed E-state index contributed by atoms with van der Waals surface area (Å²) < 4.78 is 8.45. The van der Waals surface area contributed by atoms with Crippen LogP contribution in [0.3, 0.4) is 0 Å². The number of H-pyrrole nitrogens is 2. The van der Waals surface area contributed by atoms with E-state index in [0.717, 1.165) is 29.6 Å². The molecule has 0 amide bonds. The van der Waals surface area contributed by atoms with Crippen molar-refractivity contribution < 1.29 is 9.51 Å². The van der Waals surface area contributed by atoms with Gasteiger partial charge in [0, 0.05) is 19.3 Å². The first-order valence-electron chi connectivity index (χ1n) is 10.5. The van der Waals surface area contributed by atoms with Gasteiger partial charge in [0.15, 0.2) is 18.0 Å². The Morgan fingerprint density at radius 1 is 1.13 bits per heavy atom. The Morgan fingerprint density at radius 2 is 2.00 bits per heavy atom. The second-order valence-electron chi connectivity index (χ2n) is 7.47. The summed E-state index contributed by atoms with van der Waals surface area (Å²) in [5.74, 6) is 1.74. The summed E-state index contributed by atoms with van der Waals surface area (Å²) in [5.41, 5.74) is 2.93. The molecular formula is C21H23N8O2+. The van der Waals surface area contributed by atoms with Crippen LogP contribution in [0.2, 0.25) is 0 Å². The molecule has 0 saturated carbocycles. The number of aryl methyl sites for hydroxylation is 3. The van der Waals surface area contributed by atoms with E-state index in [1.54, 1.807) is 10.9 Å². The van der Waals surface area contributed by atoms with E-state index >= 15 is 0 Å². The van der Waals surface area contributed by atoms with Crippen molar-refractivity contribution in [1.82, 2.24) is 34.3 Å². The van der Waals surface area contributed by atoms with E-state index in [-0.39, 0.29) is 5.69 Å². The normalized spacial score (nSPS) is 11.6. The van der Waals surface area contributed by atoms with E-state index in [1.165, 1.54) is 4.52 Å². The molecule has 0 spiro atoms. The molecule has 0 saturated heterocycles. The molecule has 5 aromatic rings. The number of fused-ring (bicyclic) bond motifs is 3. The van der Waals surface area contributed by atoms with E-state index in [0.29, 0.717) is 49.0 Å². The quantitative estimate of drug-likeness (QED) is 0.409. The summed E-state index contributed by atoms with van der Waals surface area (Å²) in [7, 11) is 0. The lowest BCUT2D eigenvalue weighted by molar-refractivity contribution is -0.349. The van der Waals surface area contributed by atoms with Crippen LogP contribution < -0.4 is 10.7 Å². The minimum atomic E-state index is -0.200. The maximum absolute atomic E-state index is 13.0. The van der Waals surface area contributed by atoms with Gasteiger partial charge in [-0.1, -0.05) is 48.8 Å². The number of hydrogen-bond acceptors (Lipinski definition) is 6. The van der Waals surface area contributed by atoms with Crippen molar-refractivity contribution >= 4 is 16.8 Å². The fourth-order valence-electron chi connectivity index (χ4n) is 3.65. The number of imidazole rings is 1. The highest BCUT2D eigenvalue weighted by Crippen LogP contribution is 2.13. The molecule has 0 aliphatic heterocycles. The number of benzene rings is 1. The zero-order chi connectivity index (χ0) is 21.2. The van der Waals surface area contributed by atoms with Gasteiger partial charge in [0.2, 0.25) is 17.1 Å². The highest BCUT2D eigenvalue weighted by Gasteiger charge is 2.21. The molecule has 158 valence electrons. The van der Waals surface area contributed by atoms with Crippen molar-refractivity contribution in [3.05, 3.63) is 70.2 Å². The maximum atomic E-state index is 13.0. The molecule has 0 unspecified atom stereocenters. The largest absolute Gasteiger partial charge is 0.409 e. The lowest BCUT2D eigenvalue weighted by atomic mass is 10.1. The topological polar surface area (TPSA) is 121 Å². The van der Waals surface area contributed by atoms with Crippen LogP contribution >= 0.6 is 0 Å². The van der Waals surface area contributed by atoms with E-state index in [2.05, 4.69) is 37.1 Å². The van der Waals surface area contributed by atoms with Gasteiger partial charge in [-0.3, -0.25) is 4.98 Å². The molecule has 4 heterocycles. The van der Waals surface area contributed by atoms with Gasteiger partial charge in [0.05, 0.1) is 6.54 Å². The molecule has 10 nitrogen and oxygen atoms in total. The van der Waals surface area contributed by atoms with Crippen molar-refractivity contribution in [3.8, 4) is 0 Å². The molecule has 31 heavy (non-hydrogen) atoms. The predicted molar refractivity (Wildman–Crippen MR) is 112 cm³/mol. The molecule has 0 aliphatic carbocycles. The monoisotopic (exact) mass is 419 g/mol. The van der Waals surface area contributed by atoms with Crippen LogP contribution in [0, 0.1) is 0 Å². The zero-order valence-electron chi connectivity index (χ0n) is 17.2. The highest BCUT2D eigenvalue weighted by molar-refractivity contribution is 5.82.